The average Bonchev–Trinajstić information content (AvgIpc) is 3.31. The molecule has 0 bridgehead atoms. The maximum atomic E-state index is 12.8. The Balaban J connectivity index is 1.55. The van der Waals surface area contributed by atoms with Crippen molar-refractivity contribution in [2.24, 2.45) is 0 Å². The van der Waals surface area contributed by atoms with Crippen LogP contribution in [0.4, 0.5) is 0 Å². The molecule has 0 aromatic carbocycles. The Morgan fingerprint density at radius 2 is 1.83 bits per heavy atom. The number of hydrogen-bond acceptors (Lipinski definition) is 7. The molecule has 2 fully saturated rings. The summed E-state index contributed by atoms with van der Waals surface area (Å²) in [4.78, 5) is 27.4. The molecule has 158 valence electrons. The summed E-state index contributed by atoms with van der Waals surface area (Å²) in [5, 5.41) is 0. The van der Waals surface area contributed by atoms with Gasteiger partial charge in [-0.15, -0.1) is 11.3 Å². The summed E-state index contributed by atoms with van der Waals surface area (Å²) in [6.07, 6.45) is 7.33. The second-order valence-corrected chi connectivity index (χ2v) is 11.1. The highest BCUT2D eigenvalue weighted by molar-refractivity contribution is 7.88. The van der Waals surface area contributed by atoms with Gasteiger partial charge in [-0.25, -0.2) is 17.7 Å². The summed E-state index contributed by atoms with van der Waals surface area (Å²) in [7, 11) is 0.436. The molecule has 1 amide bonds. The highest BCUT2D eigenvalue weighted by atomic mass is 32.2. The van der Waals surface area contributed by atoms with Crippen LogP contribution in [0.5, 0.6) is 0 Å². The third-order valence-corrected chi connectivity index (χ3v) is 8.39. The summed E-state index contributed by atoms with van der Waals surface area (Å²) < 4.78 is 25.1. The number of sulfonamides is 1. The van der Waals surface area contributed by atoms with E-state index in [2.05, 4.69) is 14.9 Å². The number of aromatic nitrogens is 2. The van der Waals surface area contributed by atoms with Crippen LogP contribution in [-0.4, -0.2) is 91.0 Å². The van der Waals surface area contributed by atoms with Gasteiger partial charge in [-0.05, 0) is 25.8 Å². The molecular weight excluding hydrogens is 410 g/mol. The quantitative estimate of drug-likeness (QED) is 0.722. The van der Waals surface area contributed by atoms with E-state index >= 15 is 0 Å². The Morgan fingerprint density at radius 3 is 2.48 bits per heavy atom. The Kier molecular flexibility index (Phi) is 5.62. The van der Waals surface area contributed by atoms with Gasteiger partial charge in [0.15, 0.2) is 0 Å². The van der Waals surface area contributed by atoms with Crippen molar-refractivity contribution in [1.29, 1.82) is 0 Å². The van der Waals surface area contributed by atoms with Gasteiger partial charge in [0.25, 0.3) is 5.91 Å². The highest BCUT2D eigenvalue weighted by Crippen LogP contribution is 2.40. The lowest BCUT2D eigenvalue weighted by Gasteiger charge is -2.35. The molecule has 0 aliphatic carbocycles. The highest BCUT2D eigenvalue weighted by Gasteiger charge is 2.36. The first kappa shape index (κ1) is 20.6. The summed E-state index contributed by atoms with van der Waals surface area (Å²) >= 11 is 1.43. The fraction of sp³-hybridized carbons (Fsp3) is 0.632. The number of rotatable bonds is 4. The molecule has 29 heavy (non-hydrogen) atoms. The van der Waals surface area contributed by atoms with E-state index in [9.17, 15) is 13.2 Å². The zero-order valence-electron chi connectivity index (χ0n) is 17.0. The van der Waals surface area contributed by atoms with Crippen LogP contribution in [0, 0.1) is 0 Å². The third kappa shape index (κ3) is 4.03. The number of amides is 1. The first-order chi connectivity index (χ1) is 13.8. The third-order valence-electron chi connectivity index (χ3n) is 6.00. The molecule has 2 aliphatic rings. The number of fused-ring (bicyclic) bond motifs is 1. The molecule has 1 atom stereocenters. The summed E-state index contributed by atoms with van der Waals surface area (Å²) in [5.41, 5.74) is 1.88. The van der Waals surface area contributed by atoms with Crippen molar-refractivity contribution in [1.82, 2.24) is 24.1 Å². The molecule has 2 aromatic heterocycles. The zero-order chi connectivity index (χ0) is 20.8. The fourth-order valence-electron chi connectivity index (χ4n) is 4.48. The number of hydrogen-bond donors (Lipinski definition) is 0. The lowest BCUT2D eigenvalue weighted by Crippen LogP contribution is -2.45. The monoisotopic (exact) mass is 437 g/mol. The smallest absolute Gasteiger partial charge is 0.263 e. The molecule has 0 spiro atoms. The van der Waals surface area contributed by atoms with Gasteiger partial charge in [-0.2, -0.15) is 0 Å². The number of carbonyl (C=O) groups excluding carboxylic acids is 1. The van der Waals surface area contributed by atoms with Crippen molar-refractivity contribution in [3.8, 4) is 0 Å². The Hall–Kier alpha value is -1.62. The van der Waals surface area contributed by atoms with Crippen molar-refractivity contribution in [3.63, 3.8) is 0 Å². The van der Waals surface area contributed by atoms with Crippen molar-refractivity contribution < 1.29 is 13.2 Å². The Morgan fingerprint density at radius 1 is 1.14 bits per heavy atom. The van der Waals surface area contributed by atoms with Crippen LogP contribution in [0.15, 0.2) is 12.4 Å². The minimum atomic E-state index is -3.11. The van der Waals surface area contributed by atoms with Crippen molar-refractivity contribution in [3.05, 3.63) is 22.8 Å². The van der Waals surface area contributed by atoms with Gasteiger partial charge in [0.2, 0.25) is 10.0 Å². The number of piperidine rings is 1. The van der Waals surface area contributed by atoms with Crippen molar-refractivity contribution >= 4 is 37.6 Å². The standard InChI is InChI=1S/C19H27N5O3S2/c1-22(2)19(25)17-15(16-18(28-17)21-8-7-20-16)13-4-9-23(12-13)14-5-10-24(11-6-14)29(3,26)27/h7-8,13-14H,4-6,9-12H2,1-3H3/t13-/m0/s1. The summed E-state index contributed by atoms with van der Waals surface area (Å²) in [6, 6.07) is 0.391. The topological polar surface area (TPSA) is 86.7 Å². The van der Waals surface area contributed by atoms with Crippen LogP contribution < -0.4 is 0 Å². The predicted molar refractivity (Wildman–Crippen MR) is 114 cm³/mol. The van der Waals surface area contributed by atoms with E-state index in [1.807, 2.05) is 0 Å². The number of thiophene rings is 1. The normalized spacial score (nSPS) is 22.4. The average molecular weight is 438 g/mol. The second-order valence-electron chi connectivity index (χ2n) is 8.13. The van der Waals surface area contributed by atoms with Crippen molar-refractivity contribution in [2.45, 2.75) is 31.2 Å². The van der Waals surface area contributed by atoms with Gasteiger partial charge >= 0.3 is 0 Å². The maximum Gasteiger partial charge on any atom is 0.263 e. The predicted octanol–water partition coefficient (Wildman–Crippen LogP) is 1.61. The van der Waals surface area contributed by atoms with Crippen LogP contribution in [0.25, 0.3) is 10.3 Å². The first-order valence-corrected chi connectivity index (χ1v) is 12.6. The van der Waals surface area contributed by atoms with Gasteiger partial charge in [0.1, 0.15) is 10.3 Å². The van der Waals surface area contributed by atoms with Gasteiger partial charge in [0.05, 0.1) is 11.1 Å². The first-order valence-electron chi connectivity index (χ1n) is 9.90. The molecule has 2 aliphatic heterocycles. The number of likely N-dealkylation sites (tertiary alicyclic amines) is 1. The SMILES string of the molecule is CN(C)C(=O)c1sc2nccnc2c1[C@H]1CCN(C2CCN(S(C)(=O)=O)CC2)C1. The van der Waals surface area contributed by atoms with E-state index in [0.29, 0.717) is 19.1 Å². The minimum Gasteiger partial charge on any atom is -0.344 e. The second kappa shape index (κ2) is 7.90. The van der Waals surface area contributed by atoms with Gasteiger partial charge in [0, 0.05) is 63.6 Å². The molecule has 8 nitrogen and oxygen atoms in total. The zero-order valence-corrected chi connectivity index (χ0v) is 18.7. The van der Waals surface area contributed by atoms with E-state index in [1.54, 1.807) is 35.7 Å². The van der Waals surface area contributed by atoms with E-state index in [4.69, 9.17) is 0 Å². The van der Waals surface area contributed by atoms with E-state index in [-0.39, 0.29) is 11.8 Å². The van der Waals surface area contributed by atoms with Crippen LogP contribution in [0.2, 0.25) is 0 Å². The van der Waals surface area contributed by atoms with Crippen LogP contribution in [0.1, 0.15) is 40.4 Å². The molecule has 0 saturated carbocycles. The van der Waals surface area contributed by atoms with Crippen molar-refractivity contribution in [2.75, 3.05) is 46.5 Å². The van der Waals surface area contributed by atoms with Crippen LogP contribution in [-0.2, 0) is 10.0 Å². The number of carbonyl (C=O) groups is 1. The summed E-state index contributed by atoms with van der Waals surface area (Å²) in [6.45, 7) is 3.00. The van der Waals surface area contributed by atoms with Gasteiger partial charge < -0.3 is 4.90 Å². The van der Waals surface area contributed by atoms with E-state index < -0.39 is 10.0 Å². The molecule has 4 heterocycles. The molecule has 4 rings (SSSR count). The minimum absolute atomic E-state index is 0.00436. The Labute approximate surface area is 175 Å². The Bertz CT molecular complexity index is 1010. The molecular formula is C19H27N5O3S2. The van der Waals surface area contributed by atoms with Gasteiger partial charge in [-0.1, -0.05) is 0 Å². The molecule has 2 saturated heterocycles. The maximum absolute atomic E-state index is 12.8. The molecule has 0 radical (unpaired) electrons. The van der Waals surface area contributed by atoms with Gasteiger partial charge in [-0.3, -0.25) is 14.7 Å². The molecule has 0 unspecified atom stereocenters. The lowest BCUT2D eigenvalue weighted by molar-refractivity contribution is 0.0831. The molecule has 0 N–H and O–H groups in total. The fourth-order valence-corrected chi connectivity index (χ4v) is 6.56. The molecule has 10 heteroatoms. The number of nitrogens with zero attached hydrogens (tertiary/aromatic N) is 5. The largest absolute Gasteiger partial charge is 0.344 e. The van der Waals surface area contributed by atoms with E-state index in [0.717, 1.165) is 53.1 Å². The molecule has 2 aromatic rings. The lowest BCUT2D eigenvalue weighted by atomic mass is 9.97. The van der Waals surface area contributed by atoms with Crippen LogP contribution in [0.3, 0.4) is 0 Å². The van der Waals surface area contributed by atoms with Crippen LogP contribution >= 0.6 is 11.3 Å². The van der Waals surface area contributed by atoms with E-state index in [1.165, 1.54) is 17.6 Å². The summed E-state index contributed by atoms with van der Waals surface area (Å²) in [5.74, 6) is 0.247.